The molecule has 0 aromatic carbocycles. The minimum absolute atomic E-state index is 0.123. The Morgan fingerprint density at radius 2 is 2.22 bits per heavy atom. The van der Waals surface area contributed by atoms with Crippen LogP contribution in [-0.2, 0) is 19.1 Å². The molecule has 5 nitrogen and oxygen atoms in total. The largest absolute Gasteiger partial charge is 0.468 e. The third-order valence-corrected chi connectivity index (χ3v) is 2.98. The summed E-state index contributed by atoms with van der Waals surface area (Å²) in [4.78, 5) is 22.4. The van der Waals surface area contributed by atoms with Crippen molar-refractivity contribution in [1.82, 2.24) is 0 Å². The maximum absolute atomic E-state index is 11.6. The molecule has 0 unspecified atom stereocenters. The molecule has 18 heavy (non-hydrogen) atoms. The first kappa shape index (κ1) is 14.4. The number of methoxy groups -OCH3 is 1. The molecule has 2 N–H and O–H groups in total. The number of ether oxygens (including phenoxy) is 2. The Hall–Kier alpha value is -1.62. The fourth-order valence-electron chi connectivity index (χ4n) is 1.93. The molecule has 0 saturated heterocycles. The molecule has 0 amide bonds. The van der Waals surface area contributed by atoms with Crippen LogP contribution in [0.5, 0.6) is 0 Å². The molecule has 1 aliphatic rings. The number of hydrogen-bond donors (Lipinski definition) is 1. The van der Waals surface area contributed by atoms with Gasteiger partial charge in [0, 0.05) is 13.3 Å². The van der Waals surface area contributed by atoms with Crippen molar-refractivity contribution in [2.75, 3.05) is 13.7 Å². The van der Waals surface area contributed by atoms with Crippen LogP contribution in [0.3, 0.4) is 0 Å². The Morgan fingerprint density at radius 1 is 1.56 bits per heavy atom. The molecule has 1 rings (SSSR count). The van der Waals surface area contributed by atoms with Crippen molar-refractivity contribution in [1.29, 1.82) is 0 Å². The second-order valence-corrected chi connectivity index (χ2v) is 4.48. The van der Waals surface area contributed by atoms with Crippen LogP contribution in [0, 0.1) is 0 Å². The average molecular weight is 253 g/mol. The predicted molar refractivity (Wildman–Crippen MR) is 66.6 cm³/mol. The van der Waals surface area contributed by atoms with E-state index in [-0.39, 0.29) is 12.6 Å². The fourth-order valence-corrected chi connectivity index (χ4v) is 1.93. The van der Waals surface area contributed by atoms with E-state index in [2.05, 4.69) is 6.58 Å². The van der Waals surface area contributed by atoms with Crippen molar-refractivity contribution in [3.63, 3.8) is 0 Å². The number of carbonyl (C=O) groups excluding carboxylic acids is 2. The standard InChI is InChI=1S/C13H19NO4/c1-9(8-18-10(2)15)11-5-4-6-13(14,7-11)12(16)17-3/h5H,1,4,6-8,14H2,2-3H3/t13-/m0/s1. The Kier molecular flexibility index (Phi) is 4.67. The fraction of sp³-hybridized carbons (Fsp3) is 0.538. The van der Waals surface area contributed by atoms with Gasteiger partial charge in [0.15, 0.2) is 0 Å². The zero-order valence-corrected chi connectivity index (χ0v) is 10.8. The van der Waals surface area contributed by atoms with Crippen LogP contribution in [-0.4, -0.2) is 31.2 Å². The first-order valence-corrected chi connectivity index (χ1v) is 5.77. The van der Waals surface area contributed by atoms with Gasteiger partial charge in [-0.05, 0) is 24.0 Å². The number of esters is 2. The third kappa shape index (κ3) is 3.43. The quantitative estimate of drug-likeness (QED) is 0.759. The first-order chi connectivity index (χ1) is 8.39. The summed E-state index contributed by atoms with van der Waals surface area (Å²) in [5.41, 5.74) is 6.56. The summed E-state index contributed by atoms with van der Waals surface area (Å²) in [5, 5.41) is 0. The van der Waals surface area contributed by atoms with Gasteiger partial charge in [0.25, 0.3) is 0 Å². The van der Waals surface area contributed by atoms with E-state index in [1.165, 1.54) is 14.0 Å². The number of carbonyl (C=O) groups is 2. The number of hydrogen-bond acceptors (Lipinski definition) is 5. The molecule has 0 radical (unpaired) electrons. The molecule has 0 bridgehead atoms. The topological polar surface area (TPSA) is 78.6 Å². The van der Waals surface area contributed by atoms with Gasteiger partial charge >= 0.3 is 11.9 Å². The molecule has 1 aliphatic carbocycles. The van der Waals surface area contributed by atoms with Crippen molar-refractivity contribution in [3.05, 3.63) is 23.8 Å². The van der Waals surface area contributed by atoms with E-state index in [4.69, 9.17) is 15.2 Å². The maximum atomic E-state index is 11.6. The van der Waals surface area contributed by atoms with E-state index in [0.29, 0.717) is 24.8 Å². The predicted octanol–water partition coefficient (Wildman–Crippen LogP) is 1.09. The number of nitrogens with two attached hydrogens (primary N) is 1. The van der Waals surface area contributed by atoms with Crippen molar-refractivity contribution < 1.29 is 19.1 Å². The van der Waals surface area contributed by atoms with Crippen molar-refractivity contribution in [2.45, 2.75) is 31.7 Å². The zero-order valence-electron chi connectivity index (χ0n) is 10.8. The Labute approximate surface area is 107 Å². The van der Waals surface area contributed by atoms with Crippen LogP contribution in [0.25, 0.3) is 0 Å². The highest BCUT2D eigenvalue weighted by Gasteiger charge is 2.37. The summed E-state index contributed by atoms with van der Waals surface area (Å²) >= 11 is 0. The minimum atomic E-state index is -1.00. The lowest BCUT2D eigenvalue weighted by Crippen LogP contribution is -2.50. The van der Waals surface area contributed by atoms with Crippen molar-refractivity contribution >= 4 is 11.9 Å². The van der Waals surface area contributed by atoms with Crippen LogP contribution in [0.4, 0.5) is 0 Å². The second kappa shape index (κ2) is 5.82. The van der Waals surface area contributed by atoms with E-state index < -0.39 is 11.5 Å². The van der Waals surface area contributed by atoms with Gasteiger partial charge in [-0.15, -0.1) is 0 Å². The SMILES string of the molecule is C=C(COC(C)=O)C1=CCC[C@@](N)(C(=O)OC)C1. The van der Waals surface area contributed by atoms with Gasteiger partial charge in [-0.2, -0.15) is 0 Å². The summed E-state index contributed by atoms with van der Waals surface area (Å²) in [7, 11) is 1.32. The highest BCUT2D eigenvalue weighted by Crippen LogP contribution is 2.30. The van der Waals surface area contributed by atoms with Crippen LogP contribution in [0.2, 0.25) is 0 Å². The molecular formula is C13H19NO4. The van der Waals surface area contributed by atoms with Crippen LogP contribution in [0.1, 0.15) is 26.2 Å². The molecule has 0 aromatic heterocycles. The lowest BCUT2D eigenvalue weighted by Gasteiger charge is -2.31. The van der Waals surface area contributed by atoms with Gasteiger partial charge in [0.2, 0.25) is 0 Å². The van der Waals surface area contributed by atoms with Gasteiger partial charge < -0.3 is 15.2 Å². The van der Waals surface area contributed by atoms with Crippen molar-refractivity contribution in [3.8, 4) is 0 Å². The van der Waals surface area contributed by atoms with Crippen LogP contribution >= 0.6 is 0 Å². The molecule has 0 fully saturated rings. The minimum Gasteiger partial charge on any atom is -0.468 e. The van der Waals surface area contributed by atoms with E-state index >= 15 is 0 Å². The van der Waals surface area contributed by atoms with Gasteiger partial charge in [0.1, 0.15) is 12.1 Å². The monoisotopic (exact) mass is 253 g/mol. The molecule has 0 heterocycles. The summed E-state index contributed by atoms with van der Waals surface area (Å²) < 4.78 is 9.59. The van der Waals surface area contributed by atoms with Crippen molar-refractivity contribution in [2.24, 2.45) is 5.73 Å². The van der Waals surface area contributed by atoms with Crippen LogP contribution < -0.4 is 5.73 Å². The molecular weight excluding hydrogens is 234 g/mol. The molecule has 0 aromatic rings. The Bertz CT molecular complexity index is 400. The van der Waals surface area contributed by atoms with Gasteiger partial charge in [-0.3, -0.25) is 9.59 Å². The summed E-state index contributed by atoms with van der Waals surface area (Å²) in [6, 6.07) is 0. The van der Waals surface area contributed by atoms with E-state index in [1.54, 1.807) is 0 Å². The maximum Gasteiger partial charge on any atom is 0.326 e. The summed E-state index contributed by atoms with van der Waals surface area (Å²) in [5.74, 6) is -0.784. The third-order valence-electron chi connectivity index (χ3n) is 2.98. The van der Waals surface area contributed by atoms with Gasteiger partial charge in [0.05, 0.1) is 7.11 Å². The molecule has 0 saturated carbocycles. The zero-order chi connectivity index (χ0) is 13.8. The first-order valence-electron chi connectivity index (χ1n) is 5.77. The van der Waals surface area contributed by atoms with Crippen LogP contribution in [0.15, 0.2) is 23.8 Å². The highest BCUT2D eigenvalue weighted by molar-refractivity contribution is 5.81. The summed E-state index contributed by atoms with van der Waals surface area (Å²) in [6.07, 6.45) is 3.56. The van der Waals surface area contributed by atoms with Gasteiger partial charge in [-0.25, -0.2) is 0 Å². The molecule has 0 aliphatic heterocycles. The van der Waals surface area contributed by atoms with E-state index in [0.717, 1.165) is 5.57 Å². The Balaban J connectivity index is 2.69. The normalized spacial score (nSPS) is 22.9. The molecule has 5 heteroatoms. The summed E-state index contributed by atoms with van der Waals surface area (Å²) in [6.45, 7) is 5.31. The number of rotatable bonds is 4. The van der Waals surface area contributed by atoms with E-state index in [9.17, 15) is 9.59 Å². The molecule has 100 valence electrons. The van der Waals surface area contributed by atoms with E-state index in [1.807, 2.05) is 6.08 Å². The smallest absolute Gasteiger partial charge is 0.326 e. The number of allylic oxidation sites excluding steroid dienone is 1. The second-order valence-electron chi connectivity index (χ2n) is 4.48. The lowest BCUT2D eigenvalue weighted by molar-refractivity contribution is -0.147. The van der Waals surface area contributed by atoms with Gasteiger partial charge in [-0.1, -0.05) is 12.7 Å². The molecule has 0 spiro atoms. The Morgan fingerprint density at radius 3 is 2.78 bits per heavy atom. The molecule has 1 atom stereocenters. The average Bonchev–Trinajstić information content (AvgIpc) is 2.34. The lowest BCUT2D eigenvalue weighted by atomic mass is 9.80. The highest BCUT2D eigenvalue weighted by atomic mass is 16.5.